The molecule has 0 bridgehead atoms. The number of nitrogens with one attached hydrogen (secondary N) is 2. The fourth-order valence-electron chi connectivity index (χ4n) is 2.65. The highest BCUT2D eigenvalue weighted by Crippen LogP contribution is 2.26. The fraction of sp³-hybridized carbons (Fsp3) is 0.176. The number of H-pyrrole nitrogens is 2. The number of nitrogens with zero attached hydrogens (tertiary/aromatic N) is 4. The van der Waals surface area contributed by atoms with Crippen molar-refractivity contribution in [3.63, 3.8) is 0 Å². The van der Waals surface area contributed by atoms with Crippen LogP contribution < -0.4 is 0 Å². The lowest BCUT2D eigenvalue weighted by atomic mass is 10.1. The number of hydrogen-bond donors (Lipinski definition) is 2. The van der Waals surface area contributed by atoms with E-state index in [0.29, 0.717) is 5.82 Å². The van der Waals surface area contributed by atoms with Gasteiger partial charge in [0.05, 0.1) is 5.52 Å². The highest BCUT2D eigenvalue weighted by Gasteiger charge is 2.10. The summed E-state index contributed by atoms with van der Waals surface area (Å²) in [6, 6.07) is 8.17. The molecule has 3 aromatic heterocycles. The van der Waals surface area contributed by atoms with E-state index < -0.39 is 0 Å². The molecule has 0 spiro atoms. The average Bonchev–Trinajstić information content (AvgIpc) is 3.26. The number of benzene rings is 1. The van der Waals surface area contributed by atoms with Crippen molar-refractivity contribution < 1.29 is 0 Å². The molecule has 114 valence electrons. The SMILES string of the molecule is CCc1nc(-c2ccc3c(C)cc(-c4ncc[nH]4)nc3c2)n[nH]1. The molecule has 1 aromatic carbocycles. The Balaban J connectivity index is 1.86. The summed E-state index contributed by atoms with van der Waals surface area (Å²) < 4.78 is 0. The van der Waals surface area contributed by atoms with Crippen molar-refractivity contribution in [3.8, 4) is 22.9 Å². The smallest absolute Gasteiger partial charge is 0.181 e. The predicted octanol–water partition coefficient (Wildman–Crippen LogP) is 3.28. The quantitative estimate of drug-likeness (QED) is 0.608. The van der Waals surface area contributed by atoms with Crippen molar-refractivity contribution >= 4 is 10.9 Å². The lowest BCUT2D eigenvalue weighted by Gasteiger charge is -2.06. The van der Waals surface area contributed by atoms with Gasteiger partial charge in [0, 0.05) is 29.8 Å². The van der Waals surface area contributed by atoms with Gasteiger partial charge in [-0.15, -0.1) is 0 Å². The Morgan fingerprint density at radius 3 is 2.78 bits per heavy atom. The van der Waals surface area contributed by atoms with Gasteiger partial charge in [0.2, 0.25) is 0 Å². The Kier molecular flexibility index (Phi) is 3.15. The van der Waals surface area contributed by atoms with E-state index in [1.54, 1.807) is 12.4 Å². The van der Waals surface area contributed by atoms with Gasteiger partial charge in [0.25, 0.3) is 0 Å². The number of aryl methyl sites for hydroxylation is 2. The minimum absolute atomic E-state index is 0.701. The Morgan fingerprint density at radius 2 is 2.04 bits per heavy atom. The monoisotopic (exact) mass is 304 g/mol. The highest BCUT2D eigenvalue weighted by atomic mass is 15.2. The van der Waals surface area contributed by atoms with Crippen LogP contribution in [0.4, 0.5) is 0 Å². The molecule has 0 saturated carbocycles. The van der Waals surface area contributed by atoms with E-state index in [0.717, 1.165) is 45.8 Å². The summed E-state index contributed by atoms with van der Waals surface area (Å²) in [5.41, 5.74) is 3.87. The van der Waals surface area contributed by atoms with Gasteiger partial charge in [-0.2, -0.15) is 5.10 Å². The maximum Gasteiger partial charge on any atom is 0.181 e. The van der Waals surface area contributed by atoms with Crippen LogP contribution in [0.1, 0.15) is 18.3 Å². The zero-order chi connectivity index (χ0) is 15.8. The maximum absolute atomic E-state index is 4.73. The number of aromatic amines is 2. The normalized spacial score (nSPS) is 11.2. The Labute approximate surface area is 133 Å². The summed E-state index contributed by atoms with van der Waals surface area (Å²) in [4.78, 5) is 16.6. The molecule has 0 unspecified atom stereocenters. The van der Waals surface area contributed by atoms with E-state index in [4.69, 9.17) is 4.98 Å². The first-order chi connectivity index (χ1) is 11.2. The first kappa shape index (κ1) is 13.6. The molecule has 0 atom stereocenters. The molecule has 0 radical (unpaired) electrons. The van der Waals surface area contributed by atoms with Crippen molar-refractivity contribution in [2.24, 2.45) is 0 Å². The summed E-state index contributed by atoms with van der Waals surface area (Å²) in [7, 11) is 0. The van der Waals surface area contributed by atoms with E-state index in [1.165, 1.54) is 0 Å². The number of imidazole rings is 1. The first-order valence-electron chi connectivity index (χ1n) is 7.57. The summed E-state index contributed by atoms with van der Waals surface area (Å²) in [6.45, 7) is 4.13. The summed E-state index contributed by atoms with van der Waals surface area (Å²) >= 11 is 0. The lowest BCUT2D eigenvalue weighted by Crippen LogP contribution is -1.91. The number of hydrogen-bond acceptors (Lipinski definition) is 4. The summed E-state index contributed by atoms with van der Waals surface area (Å²) in [6.07, 6.45) is 4.36. The first-order valence-corrected chi connectivity index (χ1v) is 7.57. The van der Waals surface area contributed by atoms with Gasteiger partial charge in [0.15, 0.2) is 11.6 Å². The molecule has 2 N–H and O–H groups in total. The number of fused-ring (bicyclic) bond motifs is 1. The molecule has 6 heteroatoms. The predicted molar refractivity (Wildman–Crippen MR) is 88.8 cm³/mol. The number of aromatic nitrogens is 6. The van der Waals surface area contributed by atoms with Crippen molar-refractivity contribution in [3.05, 3.63) is 48.0 Å². The maximum atomic E-state index is 4.73. The molecule has 0 aliphatic carbocycles. The summed E-state index contributed by atoms with van der Waals surface area (Å²) in [5, 5.41) is 8.35. The van der Waals surface area contributed by atoms with Crippen LogP contribution in [0.25, 0.3) is 33.8 Å². The standard InChI is InChI=1S/C17H16N6/c1-3-15-21-16(23-22-15)11-4-5-12-10(2)8-14(20-13(12)9-11)17-18-6-7-19-17/h4-9H,3H2,1-2H3,(H,18,19)(H,21,22,23). The largest absolute Gasteiger partial charge is 0.343 e. The Morgan fingerprint density at radius 1 is 1.13 bits per heavy atom. The van der Waals surface area contributed by atoms with Gasteiger partial charge in [0.1, 0.15) is 11.5 Å². The van der Waals surface area contributed by atoms with E-state index in [1.807, 2.05) is 25.1 Å². The topological polar surface area (TPSA) is 83.1 Å². The van der Waals surface area contributed by atoms with Gasteiger partial charge < -0.3 is 4.98 Å². The average molecular weight is 304 g/mol. The van der Waals surface area contributed by atoms with Crippen LogP contribution in [0.3, 0.4) is 0 Å². The molecule has 0 amide bonds. The van der Waals surface area contributed by atoms with Gasteiger partial charge >= 0.3 is 0 Å². The zero-order valence-electron chi connectivity index (χ0n) is 13.0. The zero-order valence-corrected chi connectivity index (χ0v) is 13.0. The van der Waals surface area contributed by atoms with Crippen molar-refractivity contribution in [1.29, 1.82) is 0 Å². The van der Waals surface area contributed by atoms with E-state index in [-0.39, 0.29) is 0 Å². The minimum Gasteiger partial charge on any atom is -0.343 e. The number of pyridine rings is 1. The molecular formula is C17H16N6. The third-order valence-electron chi connectivity index (χ3n) is 3.88. The van der Waals surface area contributed by atoms with Gasteiger partial charge in [-0.1, -0.05) is 19.1 Å². The van der Waals surface area contributed by atoms with Crippen LogP contribution in [0.5, 0.6) is 0 Å². The second kappa shape index (κ2) is 5.31. The van der Waals surface area contributed by atoms with E-state index in [9.17, 15) is 0 Å². The molecule has 3 heterocycles. The molecule has 0 saturated heterocycles. The van der Waals surface area contributed by atoms with Crippen LogP contribution >= 0.6 is 0 Å². The third-order valence-corrected chi connectivity index (χ3v) is 3.88. The molecule has 0 fully saturated rings. The minimum atomic E-state index is 0.701. The Hall–Kier alpha value is -3.02. The molecule has 4 aromatic rings. The van der Waals surface area contributed by atoms with Crippen molar-refractivity contribution in [2.75, 3.05) is 0 Å². The molecule has 0 aliphatic rings. The van der Waals surface area contributed by atoms with Crippen LogP contribution in [-0.4, -0.2) is 30.1 Å². The van der Waals surface area contributed by atoms with E-state index in [2.05, 4.69) is 38.1 Å². The highest BCUT2D eigenvalue weighted by molar-refractivity contribution is 5.87. The summed E-state index contributed by atoms with van der Waals surface area (Å²) in [5.74, 6) is 2.35. The lowest BCUT2D eigenvalue weighted by molar-refractivity contribution is 0.946. The molecule has 0 aliphatic heterocycles. The van der Waals surface area contributed by atoms with Crippen LogP contribution in [-0.2, 0) is 6.42 Å². The van der Waals surface area contributed by atoms with Crippen LogP contribution in [0, 0.1) is 6.92 Å². The Bertz CT molecular complexity index is 968. The third kappa shape index (κ3) is 2.38. The molecular weight excluding hydrogens is 288 g/mol. The van der Waals surface area contributed by atoms with Gasteiger partial charge in [-0.05, 0) is 24.6 Å². The van der Waals surface area contributed by atoms with Crippen LogP contribution in [0.2, 0.25) is 0 Å². The van der Waals surface area contributed by atoms with Crippen molar-refractivity contribution in [1.82, 2.24) is 30.1 Å². The van der Waals surface area contributed by atoms with Gasteiger partial charge in [-0.25, -0.2) is 15.0 Å². The van der Waals surface area contributed by atoms with Crippen molar-refractivity contribution in [2.45, 2.75) is 20.3 Å². The van der Waals surface area contributed by atoms with Gasteiger partial charge in [-0.3, -0.25) is 5.10 Å². The second-order valence-corrected chi connectivity index (χ2v) is 5.45. The van der Waals surface area contributed by atoms with Crippen LogP contribution in [0.15, 0.2) is 36.7 Å². The molecule has 23 heavy (non-hydrogen) atoms. The number of rotatable bonds is 3. The molecule has 4 rings (SSSR count). The fourth-order valence-corrected chi connectivity index (χ4v) is 2.65. The van der Waals surface area contributed by atoms with E-state index >= 15 is 0 Å². The molecule has 6 nitrogen and oxygen atoms in total. The second-order valence-electron chi connectivity index (χ2n) is 5.45.